The average Bonchev–Trinajstić information content (AvgIpc) is 3.23. The Balaban J connectivity index is 1.50. The minimum Gasteiger partial charge on any atom is -0.393 e. The number of carbonyl (C=O) groups is 2. The van der Waals surface area contributed by atoms with Crippen LogP contribution in [0.1, 0.15) is 59.0 Å². The van der Waals surface area contributed by atoms with Crippen LogP contribution in [0.4, 0.5) is 0 Å². The summed E-state index contributed by atoms with van der Waals surface area (Å²) in [5.74, 6) is -0.171. The summed E-state index contributed by atoms with van der Waals surface area (Å²) in [5.41, 5.74) is 4.26. The molecule has 0 saturated carbocycles. The molecule has 1 aliphatic rings. The second kappa shape index (κ2) is 9.53. The first kappa shape index (κ1) is 22.0. The Morgan fingerprint density at radius 3 is 2.66 bits per heavy atom. The smallest absolute Gasteiger partial charge is 0.268 e. The van der Waals surface area contributed by atoms with Gasteiger partial charge in [-0.25, -0.2) is 0 Å². The third-order valence-corrected chi connectivity index (χ3v) is 6.26. The van der Waals surface area contributed by atoms with E-state index in [-0.39, 0.29) is 24.0 Å². The van der Waals surface area contributed by atoms with Gasteiger partial charge in [0, 0.05) is 36.6 Å². The maximum atomic E-state index is 13.1. The van der Waals surface area contributed by atoms with Gasteiger partial charge < -0.3 is 20.3 Å². The quantitative estimate of drug-likeness (QED) is 0.554. The molecule has 1 aromatic carbocycles. The number of H-pyrrole nitrogens is 1. The molecule has 0 spiro atoms. The number of aromatic amines is 1. The molecule has 1 atom stereocenters. The number of fused-ring (bicyclic) bond motifs is 1. The van der Waals surface area contributed by atoms with Gasteiger partial charge in [0.15, 0.2) is 0 Å². The molecule has 3 N–H and O–H groups in total. The van der Waals surface area contributed by atoms with E-state index >= 15 is 0 Å². The van der Waals surface area contributed by atoms with Crippen molar-refractivity contribution in [1.29, 1.82) is 0 Å². The number of aliphatic hydroxyl groups is 1. The monoisotopic (exact) mass is 434 g/mol. The van der Waals surface area contributed by atoms with Gasteiger partial charge in [0.05, 0.1) is 17.8 Å². The van der Waals surface area contributed by atoms with Crippen molar-refractivity contribution in [3.63, 3.8) is 0 Å². The Labute approximate surface area is 187 Å². The molecule has 1 saturated heterocycles. The van der Waals surface area contributed by atoms with Gasteiger partial charge in [-0.05, 0) is 56.4 Å². The molecule has 2 aromatic heterocycles. The number of hydrogen-bond acceptors (Lipinski definition) is 4. The number of benzene rings is 1. The number of aryl methyl sites for hydroxylation is 2. The van der Waals surface area contributed by atoms with Gasteiger partial charge in [0.2, 0.25) is 5.91 Å². The first-order chi connectivity index (χ1) is 15.4. The maximum Gasteiger partial charge on any atom is 0.268 e. The number of nitrogens with one attached hydrogen (secondary N) is 2. The second-order valence-electron chi connectivity index (χ2n) is 8.60. The van der Waals surface area contributed by atoms with E-state index in [0.29, 0.717) is 44.5 Å². The number of pyridine rings is 1. The Morgan fingerprint density at radius 1 is 1.19 bits per heavy atom. The van der Waals surface area contributed by atoms with Crippen molar-refractivity contribution < 1.29 is 14.7 Å². The molecule has 4 rings (SSSR count). The molecular weight excluding hydrogens is 404 g/mol. The Kier molecular flexibility index (Phi) is 6.55. The fourth-order valence-electron chi connectivity index (χ4n) is 4.35. The topological polar surface area (TPSA) is 98.3 Å². The Hall–Kier alpha value is -3.19. The summed E-state index contributed by atoms with van der Waals surface area (Å²) in [6, 6.07) is 11.2. The van der Waals surface area contributed by atoms with Crippen molar-refractivity contribution in [1.82, 2.24) is 20.2 Å². The van der Waals surface area contributed by atoms with Crippen LogP contribution in [0.15, 0.2) is 42.6 Å². The molecule has 3 aromatic rings. The molecule has 3 heterocycles. The molecule has 1 aliphatic heterocycles. The standard InChI is InChI=1S/C25H30N4O3/c1-16-5-3-7-18-15-21(27-23(16)18)25(32)28-20(24-17(2)6-4-12-26-24)8-9-22(31)29-13-10-19(30)11-14-29/h3-7,12,15,19-20,27,30H,8-11,13-14H2,1-2H3,(H,28,32). The number of aromatic nitrogens is 2. The third kappa shape index (κ3) is 4.83. The molecule has 7 nitrogen and oxygen atoms in total. The lowest BCUT2D eigenvalue weighted by molar-refractivity contribution is -0.133. The maximum absolute atomic E-state index is 13.1. The molecule has 0 aliphatic carbocycles. The van der Waals surface area contributed by atoms with E-state index in [1.165, 1.54) is 0 Å². The highest BCUT2D eigenvalue weighted by Crippen LogP contribution is 2.23. The van der Waals surface area contributed by atoms with Gasteiger partial charge in [-0.15, -0.1) is 0 Å². The fourth-order valence-corrected chi connectivity index (χ4v) is 4.35. The van der Waals surface area contributed by atoms with Crippen LogP contribution < -0.4 is 5.32 Å². The van der Waals surface area contributed by atoms with Crippen LogP contribution in [0.3, 0.4) is 0 Å². The van der Waals surface area contributed by atoms with Gasteiger partial charge in [0.1, 0.15) is 5.69 Å². The molecule has 2 amide bonds. The number of piperidine rings is 1. The lowest BCUT2D eigenvalue weighted by Crippen LogP contribution is -2.40. The van der Waals surface area contributed by atoms with Gasteiger partial charge >= 0.3 is 0 Å². The predicted octanol–water partition coefficient (Wildman–Crippen LogP) is 3.41. The second-order valence-corrected chi connectivity index (χ2v) is 8.60. The van der Waals surface area contributed by atoms with Crippen LogP contribution in [-0.4, -0.2) is 51.0 Å². The van der Waals surface area contributed by atoms with Gasteiger partial charge in [-0.3, -0.25) is 14.6 Å². The van der Waals surface area contributed by atoms with Crippen molar-refractivity contribution in [2.75, 3.05) is 13.1 Å². The fraction of sp³-hybridized carbons (Fsp3) is 0.400. The molecule has 0 bridgehead atoms. The summed E-state index contributed by atoms with van der Waals surface area (Å²) < 4.78 is 0. The normalized spacial score (nSPS) is 15.7. The zero-order chi connectivity index (χ0) is 22.7. The van der Waals surface area contributed by atoms with Gasteiger partial charge in [-0.1, -0.05) is 24.3 Å². The van der Waals surface area contributed by atoms with Crippen LogP contribution in [0.25, 0.3) is 10.9 Å². The van der Waals surface area contributed by atoms with E-state index in [0.717, 1.165) is 27.7 Å². The highest BCUT2D eigenvalue weighted by Gasteiger charge is 2.25. The van der Waals surface area contributed by atoms with Crippen LogP contribution in [0, 0.1) is 13.8 Å². The SMILES string of the molecule is Cc1cccnc1C(CCC(=O)N1CCC(O)CC1)NC(=O)c1cc2cccc(C)c2[nH]1. The van der Waals surface area contributed by atoms with Crippen LogP contribution in [-0.2, 0) is 4.79 Å². The summed E-state index contributed by atoms with van der Waals surface area (Å²) in [7, 11) is 0. The average molecular weight is 435 g/mol. The summed E-state index contributed by atoms with van der Waals surface area (Å²) >= 11 is 0. The van der Waals surface area contributed by atoms with E-state index in [9.17, 15) is 14.7 Å². The highest BCUT2D eigenvalue weighted by atomic mass is 16.3. The summed E-state index contributed by atoms with van der Waals surface area (Å²) in [6.45, 7) is 5.12. The minimum atomic E-state index is -0.379. The first-order valence-electron chi connectivity index (χ1n) is 11.2. The summed E-state index contributed by atoms with van der Waals surface area (Å²) in [4.78, 5) is 35.4. The Bertz CT molecular complexity index is 1120. The highest BCUT2D eigenvalue weighted by molar-refractivity contribution is 5.98. The van der Waals surface area contributed by atoms with E-state index in [2.05, 4.69) is 15.3 Å². The Morgan fingerprint density at radius 2 is 1.94 bits per heavy atom. The number of amides is 2. The molecule has 32 heavy (non-hydrogen) atoms. The van der Waals surface area contributed by atoms with Crippen molar-refractivity contribution >= 4 is 22.7 Å². The van der Waals surface area contributed by atoms with E-state index < -0.39 is 0 Å². The molecular formula is C25H30N4O3. The number of hydrogen-bond donors (Lipinski definition) is 3. The lowest BCUT2D eigenvalue weighted by Gasteiger charge is -2.30. The number of carbonyl (C=O) groups excluding carboxylic acids is 2. The van der Waals surface area contributed by atoms with Gasteiger partial charge in [-0.2, -0.15) is 0 Å². The van der Waals surface area contributed by atoms with Crippen molar-refractivity contribution in [2.45, 2.75) is 51.7 Å². The van der Waals surface area contributed by atoms with E-state index in [4.69, 9.17) is 0 Å². The third-order valence-electron chi connectivity index (χ3n) is 6.26. The van der Waals surface area contributed by atoms with Crippen LogP contribution in [0.5, 0.6) is 0 Å². The van der Waals surface area contributed by atoms with Crippen LogP contribution in [0.2, 0.25) is 0 Å². The zero-order valence-electron chi connectivity index (χ0n) is 18.6. The summed E-state index contributed by atoms with van der Waals surface area (Å²) in [6.07, 6.45) is 3.39. The molecule has 1 unspecified atom stereocenters. The first-order valence-corrected chi connectivity index (χ1v) is 11.2. The molecule has 1 fully saturated rings. The lowest BCUT2D eigenvalue weighted by atomic mass is 10.0. The van der Waals surface area contributed by atoms with Crippen molar-refractivity contribution in [2.24, 2.45) is 0 Å². The van der Waals surface area contributed by atoms with Crippen molar-refractivity contribution in [3.05, 3.63) is 65.1 Å². The molecule has 0 radical (unpaired) electrons. The van der Waals surface area contributed by atoms with E-state index in [1.54, 1.807) is 11.1 Å². The molecule has 168 valence electrons. The van der Waals surface area contributed by atoms with Gasteiger partial charge in [0.25, 0.3) is 5.91 Å². The number of nitrogens with zero attached hydrogens (tertiary/aromatic N) is 2. The number of para-hydroxylation sites is 1. The minimum absolute atomic E-state index is 0.0472. The van der Waals surface area contributed by atoms with Crippen molar-refractivity contribution in [3.8, 4) is 0 Å². The summed E-state index contributed by atoms with van der Waals surface area (Å²) in [5, 5.41) is 13.8. The predicted molar refractivity (Wildman–Crippen MR) is 123 cm³/mol. The number of likely N-dealkylation sites (tertiary alicyclic amines) is 1. The van der Waals surface area contributed by atoms with Crippen LogP contribution >= 0.6 is 0 Å². The zero-order valence-corrected chi connectivity index (χ0v) is 18.6. The molecule has 7 heteroatoms. The largest absolute Gasteiger partial charge is 0.393 e. The number of rotatable bonds is 6. The number of aliphatic hydroxyl groups excluding tert-OH is 1. The van der Waals surface area contributed by atoms with E-state index in [1.807, 2.05) is 50.2 Å².